The molecule has 0 aliphatic carbocycles. The van der Waals surface area contributed by atoms with Gasteiger partial charge in [-0.05, 0) is 63.2 Å². The van der Waals surface area contributed by atoms with E-state index >= 15 is 0 Å². The third-order valence-electron chi connectivity index (χ3n) is 3.94. The van der Waals surface area contributed by atoms with Gasteiger partial charge in [0.25, 0.3) is 0 Å². The average molecular weight is 326 g/mol. The quantitative estimate of drug-likeness (QED) is 0.672. The van der Waals surface area contributed by atoms with Crippen LogP contribution < -0.4 is 10.6 Å². The molecule has 1 rings (SSSR count). The molecule has 3 nitrogen and oxygen atoms in total. The Balaban J connectivity index is 3.16. The standard InChI is InChI=1S/C21H31N3/c1-7-9-17(8-2)20(15-23-6)18-10-11-21(24-14-18)19(16(3)4)12-13-22-5/h7-12,14,20,22-23H,3,13,15H2,1-2,4-6H3/b9-7-,17-8+,19-12?. The topological polar surface area (TPSA) is 37.0 Å². The molecule has 0 saturated carbocycles. The molecule has 0 radical (unpaired) electrons. The molecule has 2 N–H and O–H groups in total. The first-order chi connectivity index (χ1) is 11.6. The van der Waals surface area contributed by atoms with Gasteiger partial charge in [-0.15, -0.1) is 0 Å². The minimum Gasteiger partial charge on any atom is -0.319 e. The molecule has 0 spiro atoms. The van der Waals surface area contributed by atoms with Gasteiger partial charge in [-0.3, -0.25) is 4.98 Å². The van der Waals surface area contributed by atoms with Crippen molar-refractivity contribution in [3.05, 3.63) is 71.6 Å². The lowest BCUT2D eigenvalue weighted by molar-refractivity contribution is 0.704. The minimum atomic E-state index is 0.298. The molecule has 1 atom stereocenters. The molecule has 0 aliphatic heterocycles. The molecule has 0 saturated heterocycles. The summed E-state index contributed by atoms with van der Waals surface area (Å²) in [6.45, 7) is 11.9. The Hall–Kier alpha value is -1.97. The Morgan fingerprint density at radius 3 is 2.46 bits per heavy atom. The average Bonchev–Trinajstić information content (AvgIpc) is 2.58. The molecule has 1 heterocycles. The zero-order valence-electron chi connectivity index (χ0n) is 15.7. The fourth-order valence-corrected chi connectivity index (χ4v) is 2.71. The van der Waals surface area contributed by atoms with Crippen molar-refractivity contribution in [2.45, 2.75) is 26.7 Å². The van der Waals surface area contributed by atoms with E-state index in [1.165, 1.54) is 11.1 Å². The fraction of sp³-hybridized carbons (Fsp3) is 0.381. The summed E-state index contributed by atoms with van der Waals surface area (Å²) < 4.78 is 0. The molecular formula is C21H31N3. The van der Waals surface area contributed by atoms with Crippen LogP contribution in [0.15, 0.2) is 60.4 Å². The molecule has 0 aliphatic rings. The second-order valence-corrected chi connectivity index (χ2v) is 5.83. The lowest BCUT2D eigenvalue weighted by Crippen LogP contribution is -2.18. The smallest absolute Gasteiger partial charge is 0.0701 e. The first-order valence-electron chi connectivity index (χ1n) is 8.49. The Morgan fingerprint density at radius 1 is 1.25 bits per heavy atom. The number of rotatable bonds is 9. The highest BCUT2D eigenvalue weighted by atomic mass is 14.8. The molecule has 24 heavy (non-hydrogen) atoms. The van der Waals surface area contributed by atoms with Crippen LogP contribution in [-0.4, -0.2) is 32.2 Å². The molecule has 0 bridgehead atoms. The molecule has 1 aromatic rings. The third-order valence-corrected chi connectivity index (χ3v) is 3.94. The monoisotopic (exact) mass is 325 g/mol. The van der Waals surface area contributed by atoms with Crippen LogP contribution in [0.2, 0.25) is 0 Å². The van der Waals surface area contributed by atoms with Crippen molar-refractivity contribution in [3.63, 3.8) is 0 Å². The van der Waals surface area contributed by atoms with Crippen LogP contribution in [0.3, 0.4) is 0 Å². The van der Waals surface area contributed by atoms with Crippen LogP contribution in [-0.2, 0) is 0 Å². The molecule has 0 fully saturated rings. The number of nitrogens with one attached hydrogen (secondary N) is 2. The van der Waals surface area contributed by atoms with Crippen molar-refractivity contribution in [2.24, 2.45) is 0 Å². The normalized spacial score (nSPS) is 14.2. The van der Waals surface area contributed by atoms with E-state index in [4.69, 9.17) is 4.98 Å². The summed E-state index contributed by atoms with van der Waals surface area (Å²) in [6, 6.07) is 4.27. The van der Waals surface area contributed by atoms with Gasteiger partial charge in [0.05, 0.1) is 5.69 Å². The van der Waals surface area contributed by atoms with Crippen molar-refractivity contribution in [3.8, 4) is 0 Å². The Bertz CT molecular complexity index is 606. The number of hydrogen-bond donors (Lipinski definition) is 2. The summed E-state index contributed by atoms with van der Waals surface area (Å²) in [5, 5.41) is 6.42. The van der Waals surface area contributed by atoms with Gasteiger partial charge in [-0.1, -0.05) is 36.9 Å². The summed E-state index contributed by atoms with van der Waals surface area (Å²) in [4.78, 5) is 4.70. The van der Waals surface area contributed by atoms with Crippen LogP contribution >= 0.6 is 0 Å². The fourth-order valence-electron chi connectivity index (χ4n) is 2.71. The van der Waals surface area contributed by atoms with Crippen molar-refractivity contribution in [1.82, 2.24) is 15.6 Å². The van der Waals surface area contributed by atoms with Gasteiger partial charge in [0.2, 0.25) is 0 Å². The van der Waals surface area contributed by atoms with Gasteiger partial charge in [0.15, 0.2) is 0 Å². The Morgan fingerprint density at radius 2 is 2.00 bits per heavy atom. The van der Waals surface area contributed by atoms with Gasteiger partial charge in [0, 0.05) is 25.2 Å². The highest BCUT2D eigenvalue weighted by molar-refractivity contribution is 5.75. The van der Waals surface area contributed by atoms with Crippen LogP contribution in [0.25, 0.3) is 5.57 Å². The molecule has 1 aromatic heterocycles. The van der Waals surface area contributed by atoms with Gasteiger partial charge in [-0.25, -0.2) is 0 Å². The lowest BCUT2D eigenvalue weighted by Gasteiger charge is -2.19. The second-order valence-electron chi connectivity index (χ2n) is 5.83. The van der Waals surface area contributed by atoms with Gasteiger partial charge in [0.1, 0.15) is 0 Å². The largest absolute Gasteiger partial charge is 0.319 e. The Labute approximate surface area is 147 Å². The van der Waals surface area contributed by atoms with Crippen molar-refractivity contribution >= 4 is 5.57 Å². The SMILES string of the molecule is C=C(C)C(=CCNC)c1ccc(C(CNC)C(/C=C\C)=C/C)cn1. The summed E-state index contributed by atoms with van der Waals surface area (Å²) in [5.41, 5.74) is 5.61. The van der Waals surface area contributed by atoms with E-state index in [1.54, 1.807) is 0 Å². The Kier molecular flexibility index (Phi) is 8.98. The molecule has 130 valence electrons. The number of nitrogens with zero attached hydrogens (tertiary/aromatic N) is 1. The van der Waals surface area contributed by atoms with E-state index < -0.39 is 0 Å². The van der Waals surface area contributed by atoms with E-state index in [9.17, 15) is 0 Å². The predicted octanol–water partition coefficient (Wildman–Crippen LogP) is 4.09. The van der Waals surface area contributed by atoms with Crippen LogP contribution in [0.5, 0.6) is 0 Å². The first kappa shape index (κ1) is 20.1. The molecule has 0 aromatic carbocycles. The van der Waals surface area contributed by atoms with Crippen molar-refractivity contribution < 1.29 is 0 Å². The van der Waals surface area contributed by atoms with E-state index in [0.29, 0.717) is 5.92 Å². The number of aromatic nitrogens is 1. The maximum absolute atomic E-state index is 4.70. The minimum absolute atomic E-state index is 0.298. The highest BCUT2D eigenvalue weighted by Crippen LogP contribution is 2.26. The van der Waals surface area contributed by atoms with E-state index in [-0.39, 0.29) is 0 Å². The number of hydrogen-bond acceptors (Lipinski definition) is 3. The second kappa shape index (κ2) is 10.7. The number of allylic oxidation sites excluding steroid dienone is 5. The van der Waals surface area contributed by atoms with Gasteiger partial charge in [-0.2, -0.15) is 0 Å². The third kappa shape index (κ3) is 5.59. The van der Waals surface area contributed by atoms with Crippen molar-refractivity contribution in [2.75, 3.05) is 27.2 Å². The van der Waals surface area contributed by atoms with Gasteiger partial charge < -0.3 is 10.6 Å². The zero-order valence-corrected chi connectivity index (χ0v) is 15.7. The molecule has 3 heteroatoms. The molecular weight excluding hydrogens is 294 g/mol. The van der Waals surface area contributed by atoms with E-state index in [0.717, 1.165) is 29.9 Å². The predicted molar refractivity (Wildman–Crippen MR) is 106 cm³/mol. The zero-order chi connectivity index (χ0) is 17.9. The summed E-state index contributed by atoms with van der Waals surface area (Å²) in [7, 11) is 3.92. The lowest BCUT2D eigenvalue weighted by atomic mass is 9.91. The highest BCUT2D eigenvalue weighted by Gasteiger charge is 2.15. The van der Waals surface area contributed by atoms with Crippen LogP contribution in [0.1, 0.15) is 37.9 Å². The maximum Gasteiger partial charge on any atom is 0.0701 e. The van der Waals surface area contributed by atoms with Crippen molar-refractivity contribution in [1.29, 1.82) is 0 Å². The van der Waals surface area contributed by atoms with Crippen LogP contribution in [0, 0.1) is 0 Å². The summed E-state index contributed by atoms with van der Waals surface area (Å²) in [6.07, 6.45) is 10.5. The first-order valence-corrected chi connectivity index (χ1v) is 8.49. The summed E-state index contributed by atoms with van der Waals surface area (Å²) >= 11 is 0. The molecule has 1 unspecified atom stereocenters. The van der Waals surface area contributed by atoms with E-state index in [2.05, 4.69) is 60.6 Å². The van der Waals surface area contributed by atoms with Crippen LogP contribution in [0.4, 0.5) is 0 Å². The summed E-state index contributed by atoms with van der Waals surface area (Å²) in [5.74, 6) is 0.298. The number of pyridine rings is 1. The maximum atomic E-state index is 4.70. The van der Waals surface area contributed by atoms with Gasteiger partial charge >= 0.3 is 0 Å². The molecule has 0 amide bonds. The van der Waals surface area contributed by atoms with E-state index in [1.807, 2.05) is 34.1 Å². The number of likely N-dealkylation sites (N-methyl/N-ethyl adjacent to an activating group) is 2.